The molecule has 118 valence electrons. The van der Waals surface area contributed by atoms with E-state index < -0.39 is 5.60 Å². The fourth-order valence-corrected chi connectivity index (χ4v) is 2.85. The summed E-state index contributed by atoms with van der Waals surface area (Å²) in [6, 6.07) is 5.99. The Morgan fingerprint density at radius 3 is 2.10 bits per heavy atom. The van der Waals surface area contributed by atoms with Gasteiger partial charge in [-0.3, -0.25) is 4.79 Å². The largest absolute Gasteiger partial charge is 0.386 e. The highest BCUT2D eigenvalue weighted by Crippen LogP contribution is 2.28. The minimum atomic E-state index is -1.03. The third kappa shape index (κ3) is 3.85. The second-order valence-electron chi connectivity index (χ2n) is 6.65. The zero-order chi connectivity index (χ0) is 16.4. The van der Waals surface area contributed by atoms with Crippen molar-refractivity contribution in [3.8, 4) is 0 Å². The average Bonchev–Trinajstić information content (AvgIpc) is 2.35. The van der Waals surface area contributed by atoms with Crippen LogP contribution in [0.4, 0.5) is 0 Å². The van der Waals surface area contributed by atoms with Crippen LogP contribution < -0.4 is 0 Å². The molecule has 1 aromatic rings. The summed E-state index contributed by atoms with van der Waals surface area (Å²) in [5.41, 5.74) is 1.33. The van der Waals surface area contributed by atoms with Gasteiger partial charge in [0.2, 0.25) is 0 Å². The molecule has 0 aliphatic carbocycles. The maximum Gasteiger partial charge on any atom is 0.254 e. The summed E-state index contributed by atoms with van der Waals surface area (Å²) in [5, 5.41) is 10.4. The molecule has 0 unspecified atom stereocenters. The molecule has 0 atom stereocenters. The lowest BCUT2D eigenvalue weighted by atomic mass is 9.88. The van der Waals surface area contributed by atoms with Gasteiger partial charge in [0.15, 0.2) is 0 Å². The maximum absolute atomic E-state index is 13.1. The second-order valence-corrected chi connectivity index (χ2v) is 6.65. The number of benzene rings is 1. The van der Waals surface area contributed by atoms with E-state index in [4.69, 9.17) is 0 Å². The van der Waals surface area contributed by atoms with E-state index in [9.17, 15) is 9.90 Å². The lowest BCUT2D eigenvalue weighted by Crippen LogP contribution is -2.43. The van der Waals surface area contributed by atoms with Gasteiger partial charge in [-0.2, -0.15) is 0 Å². The zero-order valence-corrected chi connectivity index (χ0v) is 14.4. The molecular formula is C18H29NO2. The van der Waals surface area contributed by atoms with Crippen molar-refractivity contribution >= 4 is 5.91 Å². The van der Waals surface area contributed by atoms with Crippen LogP contribution in [-0.2, 0) is 12.0 Å². The Hall–Kier alpha value is -1.35. The molecule has 0 bridgehead atoms. The van der Waals surface area contributed by atoms with Crippen LogP contribution >= 0.6 is 0 Å². The first kappa shape index (κ1) is 17.7. The minimum absolute atomic E-state index is 0.00887. The number of carbonyl (C=O) groups is 1. The zero-order valence-electron chi connectivity index (χ0n) is 14.4. The number of hydrogen-bond donors (Lipinski definition) is 1. The van der Waals surface area contributed by atoms with Crippen molar-refractivity contribution in [2.75, 3.05) is 0 Å². The van der Waals surface area contributed by atoms with E-state index in [1.807, 2.05) is 57.7 Å². The third-order valence-corrected chi connectivity index (χ3v) is 3.75. The number of aliphatic hydroxyl groups is 1. The first-order valence-corrected chi connectivity index (χ1v) is 7.78. The Morgan fingerprint density at radius 1 is 1.19 bits per heavy atom. The van der Waals surface area contributed by atoms with Gasteiger partial charge < -0.3 is 10.0 Å². The molecule has 1 N–H and O–H groups in total. The highest BCUT2D eigenvalue weighted by molar-refractivity contribution is 5.98. The van der Waals surface area contributed by atoms with Crippen LogP contribution in [0.5, 0.6) is 0 Å². The normalized spacial score (nSPS) is 12.1. The predicted octanol–water partition coefficient (Wildman–Crippen LogP) is 3.74. The molecule has 0 aromatic heterocycles. The SMILES string of the molecule is CCc1cccc(C(C)(C)O)c1C(=O)N(C(C)C)C(C)C. The van der Waals surface area contributed by atoms with Crippen LogP contribution in [0, 0.1) is 0 Å². The summed E-state index contributed by atoms with van der Waals surface area (Å²) in [4.78, 5) is 15.0. The second kappa shape index (κ2) is 6.61. The number of hydrogen-bond acceptors (Lipinski definition) is 2. The Bertz CT molecular complexity index is 490. The Labute approximate surface area is 129 Å². The van der Waals surface area contributed by atoms with Crippen LogP contribution in [0.15, 0.2) is 18.2 Å². The summed E-state index contributed by atoms with van der Waals surface area (Å²) in [6.45, 7) is 13.6. The van der Waals surface area contributed by atoms with Crippen molar-refractivity contribution in [1.82, 2.24) is 4.90 Å². The van der Waals surface area contributed by atoms with E-state index >= 15 is 0 Å². The van der Waals surface area contributed by atoms with Gasteiger partial charge in [-0.15, -0.1) is 0 Å². The molecule has 0 fully saturated rings. The van der Waals surface area contributed by atoms with Crippen molar-refractivity contribution < 1.29 is 9.90 Å². The monoisotopic (exact) mass is 291 g/mol. The van der Waals surface area contributed by atoms with Gasteiger partial charge in [-0.05, 0) is 59.1 Å². The average molecular weight is 291 g/mol. The molecule has 1 amide bonds. The number of amides is 1. The molecule has 1 aromatic carbocycles. The lowest BCUT2D eigenvalue weighted by molar-refractivity contribution is 0.0590. The third-order valence-electron chi connectivity index (χ3n) is 3.75. The summed E-state index contributed by atoms with van der Waals surface area (Å²) < 4.78 is 0. The fraction of sp³-hybridized carbons (Fsp3) is 0.611. The summed E-state index contributed by atoms with van der Waals surface area (Å²) in [6.07, 6.45) is 0.773. The van der Waals surface area contributed by atoms with Crippen LogP contribution in [0.3, 0.4) is 0 Å². The summed E-state index contributed by atoms with van der Waals surface area (Å²) in [7, 11) is 0. The number of nitrogens with zero attached hydrogens (tertiary/aromatic N) is 1. The lowest BCUT2D eigenvalue weighted by Gasteiger charge is -2.33. The van der Waals surface area contributed by atoms with Gasteiger partial charge in [0.05, 0.1) is 5.60 Å². The van der Waals surface area contributed by atoms with E-state index in [2.05, 4.69) is 0 Å². The molecule has 0 radical (unpaired) electrons. The first-order valence-electron chi connectivity index (χ1n) is 7.78. The molecule has 0 aliphatic rings. The Balaban J connectivity index is 3.49. The Morgan fingerprint density at radius 2 is 1.71 bits per heavy atom. The molecule has 21 heavy (non-hydrogen) atoms. The topological polar surface area (TPSA) is 40.5 Å². The molecule has 3 nitrogen and oxygen atoms in total. The van der Waals surface area contributed by atoms with E-state index in [1.54, 1.807) is 13.8 Å². The molecule has 3 heteroatoms. The van der Waals surface area contributed by atoms with Crippen molar-refractivity contribution in [3.05, 3.63) is 34.9 Å². The van der Waals surface area contributed by atoms with Crippen LogP contribution in [0.1, 0.15) is 70.0 Å². The van der Waals surface area contributed by atoms with E-state index in [1.165, 1.54) is 0 Å². The summed E-state index contributed by atoms with van der Waals surface area (Å²) >= 11 is 0. The van der Waals surface area contributed by atoms with Crippen molar-refractivity contribution in [2.45, 2.75) is 72.6 Å². The van der Waals surface area contributed by atoms with E-state index in [-0.39, 0.29) is 18.0 Å². The van der Waals surface area contributed by atoms with Gasteiger partial charge in [0.1, 0.15) is 0 Å². The van der Waals surface area contributed by atoms with Gasteiger partial charge in [-0.25, -0.2) is 0 Å². The highest BCUT2D eigenvalue weighted by Gasteiger charge is 2.30. The maximum atomic E-state index is 13.1. The summed E-state index contributed by atoms with van der Waals surface area (Å²) in [5.74, 6) is 0.00887. The number of rotatable bonds is 5. The van der Waals surface area contributed by atoms with Crippen LogP contribution in [-0.4, -0.2) is 28.0 Å². The molecule has 1 rings (SSSR count). The van der Waals surface area contributed by atoms with E-state index in [0.717, 1.165) is 12.0 Å². The standard InChI is InChI=1S/C18H29NO2/c1-8-14-10-9-11-15(18(6,7)21)16(14)17(20)19(12(2)3)13(4)5/h9-13,21H,8H2,1-7H3. The quantitative estimate of drug-likeness (QED) is 0.898. The molecule has 0 saturated carbocycles. The first-order chi connectivity index (χ1) is 9.61. The van der Waals surface area contributed by atoms with Crippen LogP contribution in [0.25, 0.3) is 0 Å². The smallest absolute Gasteiger partial charge is 0.254 e. The fourth-order valence-electron chi connectivity index (χ4n) is 2.85. The van der Waals surface area contributed by atoms with Gasteiger partial charge in [-0.1, -0.05) is 25.1 Å². The minimum Gasteiger partial charge on any atom is -0.386 e. The Kier molecular flexibility index (Phi) is 5.57. The predicted molar refractivity (Wildman–Crippen MR) is 87.5 cm³/mol. The van der Waals surface area contributed by atoms with Crippen molar-refractivity contribution in [3.63, 3.8) is 0 Å². The van der Waals surface area contributed by atoms with Gasteiger partial charge in [0.25, 0.3) is 5.91 Å². The molecule has 0 heterocycles. The molecular weight excluding hydrogens is 262 g/mol. The molecule has 0 spiro atoms. The number of aryl methyl sites for hydroxylation is 1. The van der Waals surface area contributed by atoms with Crippen LogP contribution in [0.2, 0.25) is 0 Å². The highest BCUT2D eigenvalue weighted by atomic mass is 16.3. The van der Waals surface area contributed by atoms with Gasteiger partial charge >= 0.3 is 0 Å². The molecule has 0 aliphatic heterocycles. The number of carbonyl (C=O) groups excluding carboxylic acids is 1. The van der Waals surface area contributed by atoms with Crippen molar-refractivity contribution in [1.29, 1.82) is 0 Å². The van der Waals surface area contributed by atoms with Crippen molar-refractivity contribution in [2.24, 2.45) is 0 Å². The van der Waals surface area contributed by atoms with Gasteiger partial charge in [0, 0.05) is 17.6 Å². The van der Waals surface area contributed by atoms with E-state index in [0.29, 0.717) is 11.1 Å². The molecule has 0 saturated heterocycles.